The number of hydrogen-bond acceptors (Lipinski definition) is 8. The van der Waals surface area contributed by atoms with E-state index < -0.39 is 5.76 Å². The Morgan fingerprint density at radius 2 is 2.12 bits per heavy atom. The molecule has 6 rings (SSSR count). The van der Waals surface area contributed by atoms with Crippen LogP contribution in [0.4, 0.5) is 5.95 Å². The van der Waals surface area contributed by atoms with Crippen LogP contribution in [0, 0.1) is 5.92 Å². The number of rotatable bonds is 10. The Bertz CT molecular complexity index is 1520. The van der Waals surface area contributed by atoms with E-state index >= 15 is 0 Å². The SMILES string of the molecule is C=CC[C@H](C)CCCC(C)n1c(N2CCOC3CCCC32)nc2nc(-c3noc(=O)[nH]3)nc(C3=CC(Cl)CC=C3)c21. The number of H-pyrrole nitrogens is 1. The summed E-state index contributed by atoms with van der Waals surface area (Å²) in [6.07, 6.45) is 16.6. The number of hydrogen-bond donors (Lipinski definition) is 1. The maximum absolute atomic E-state index is 11.8. The summed E-state index contributed by atoms with van der Waals surface area (Å²) in [6.45, 7) is 9.89. The van der Waals surface area contributed by atoms with Crippen molar-refractivity contribution in [3.8, 4) is 11.6 Å². The van der Waals surface area contributed by atoms with Crippen molar-refractivity contribution in [1.29, 1.82) is 0 Å². The minimum atomic E-state index is -0.658. The fraction of sp³-hybridized carbons (Fsp3) is 0.567. The lowest BCUT2D eigenvalue weighted by Crippen LogP contribution is -2.49. The van der Waals surface area contributed by atoms with E-state index in [1.807, 2.05) is 12.2 Å². The zero-order valence-corrected chi connectivity index (χ0v) is 24.5. The number of aromatic amines is 1. The van der Waals surface area contributed by atoms with Crippen LogP contribution in [0.1, 0.15) is 76.9 Å². The quantitative estimate of drug-likeness (QED) is 0.236. The van der Waals surface area contributed by atoms with E-state index in [1.54, 1.807) is 0 Å². The van der Waals surface area contributed by atoms with E-state index in [0.29, 0.717) is 18.2 Å². The number of alkyl halides is 1. The summed E-state index contributed by atoms with van der Waals surface area (Å²) in [4.78, 5) is 31.8. The van der Waals surface area contributed by atoms with Crippen molar-refractivity contribution >= 4 is 34.3 Å². The van der Waals surface area contributed by atoms with E-state index in [4.69, 9.17) is 35.8 Å². The van der Waals surface area contributed by atoms with Gasteiger partial charge in [-0.25, -0.2) is 14.8 Å². The molecular weight excluding hydrogens is 542 g/mol. The molecule has 10 nitrogen and oxygen atoms in total. The molecule has 0 bridgehead atoms. The average Bonchev–Trinajstić information content (AvgIpc) is 3.70. The molecule has 1 aliphatic heterocycles. The molecule has 1 N–H and O–H groups in total. The van der Waals surface area contributed by atoms with E-state index in [1.165, 1.54) is 0 Å². The molecule has 0 radical (unpaired) electrons. The molecular formula is C30H38ClN7O3. The molecule has 1 saturated carbocycles. The highest BCUT2D eigenvalue weighted by molar-refractivity contribution is 6.22. The Kier molecular flexibility index (Phi) is 8.12. The van der Waals surface area contributed by atoms with Gasteiger partial charge in [-0.1, -0.05) is 49.2 Å². The van der Waals surface area contributed by atoms with Crippen LogP contribution in [0.2, 0.25) is 0 Å². The Hall–Kier alpha value is -3.24. The second kappa shape index (κ2) is 11.9. The molecule has 1 saturated heterocycles. The Labute approximate surface area is 244 Å². The number of anilines is 1. The standard InChI is InChI=1S/C30H38ClN7O3/c1-4-8-18(2)9-5-10-19(3)38-25-24(20-11-6-12-21(31)17-20)32-27(28-35-30(39)41-36-28)33-26(25)34-29(38)37-15-16-40-23-14-7-13-22(23)37/h4,6,11,17-19,21-23H,1,5,7-10,12-16H2,2-3H3,(H,35,36,39)/t18-,19?,21?,22?,23?/m0/s1. The van der Waals surface area contributed by atoms with Crippen molar-refractivity contribution < 1.29 is 9.26 Å². The van der Waals surface area contributed by atoms with Gasteiger partial charge in [0.1, 0.15) is 11.2 Å². The highest BCUT2D eigenvalue weighted by Crippen LogP contribution is 2.39. The highest BCUT2D eigenvalue weighted by atomic mass is 35.5. The number of aromatic nitrogens is 6. The molecule has 218 valence electrons. The van der Waals surface area contributed by atoms with Crippen LogP contribution in [-0.4, -0.2) is 60.3 Å². The first-order valence-electron chi connectivity index (χ1n) is 14.8. The number of halogens is 1. The second-order valence-corrected chi connectivity index (χ2v) is 12.1. The first-order valence-corrected chi connectivity index (χ1v) is 15.2. The molecule has 0 amide bonds. The summed E-state index contributed by atoms with van der Waals surface area (Å²) in [5.74, 6) is 1.27. The second-order valence-electron chi connectivity index (χ2n) is 11.6. The van der Waals surface area contributed by atoms with Crippen LogP contribution in [0.5, 0.6) is 0 Å². The van der Waals surface area contributed by atoms with Gasteiger partial charge in [-0.2, -0.15) is 4.98 Å². The van der Waals surface area contributed by atoms with Crippen molar-refractivity contribution in [3.63, 3.8) is 0 Å². The molecule has 3 aromatic heterocycles. The summed E-state index contributed by atoms with van der Waals surface area (Å²) in [7, 11) is 0. The zero-order chi connectivity index (χ0) is 28.5. The molecule has 2 aliphatic carbocycles. The number of nitrogens with one attached hydrogen (secondary N) is 1. The Morgan fingerprint density at radius 1 is 1.24 bits per heavy atom. The Morgan fingerprint density at radius 3 is 2.90 bits per heavy atom. The largest absolute Gasteiger partial charge is 0.439 e. The lowest BCUT2D eigenvalue weighted by molar-refractivity contribution is 0.0246. The van der Waals surface area contributed by atoms with Gasteiger partial charge < -0.3 is 14.2 Å². The van der Waals surface area contributed by atoms with Gasteiger partial charge in [0.05, 0.1) is 24.1 Å². The van der Waals surface area contributed by atoms with Crippen LogP contribution < -0.4 is 10.7 Å². The molecule has 2 fully saturated rings. The van der Waals surface area contributed by atoms with Crippen molar-refractivity contribution in [2.24, 2.45) is 5.92 Å². The maximum Gasteiger partial charge on any atom is 0.439 e. The molecule has 3 aromatic rings. The van der Waals surface area contributed by atoms with Crippen molar-refractivity contribution in [2.45, 2.75) is 88.8 Å². The molecule has 4 heterocycles. The minimum absolute atomic E-state index is 0.145. The van der Waals surface area contributed by atoms with E-state index in [-0.39, 0.29) is 35.2 Å². The topological polar surface area (TPSA) is 115 Å². The van der Waals surface area contributed by atoms with E-state index in [0.717, 1.165) is 80.6 Å². The fourth-order valence-corrected chi connectivity index (χ4v) is 6.75. The minimum Gasteiger partial charge on any atom is -0.374 e. The van der Waals surface area contributed by atoms with Gasteiger partial charge >= 0.3 is 5.76 Å². The first kappa shape index (κ1) is 27.9. The smallest absolute Gasteiger partial charge is 0.374 e. The van der Waals surface area contributed by atoms with Gasteiger partial charge in [0.15, 0.2) is 5.65 Å². The molecule has 0 spiro atoms. The van der Waals surface area contributed by atoms with E-state index in [9.17, 15) is 4.79 Å². The lowest BCUT2D eigenvalue weighted by atomic mass is 9.98. The van der Waals surface area contributed by atoms with Crippen LogP contribution in [0.15, 0.2) is 40.2 Å². The summed E-state index contributed by atoms with van der Waals surface area (Å²) in [5.41, 5.74) is 3.04. The number of morpholine rings is 1. The van der Waals surface area contributed by atoms with Gasteiger partial charge in [0, 0.05) is 12.6 Å². The summed E-state index contributed by atoms with van der Waals surface area (Å²) in [6, 6.07) is 0.427. The zero-order valence-electron chi connectivity index (χ0n) is 23.8. The van der Waals surface area contributed by atoms with Gasteiger partial charge in [0.25, 0.3) is 0 Å². The summed E-state index contributed by atoms with van der Waals surface area (Å²) >= 11 is 6.59. The lowest BCUT2D eigenvalue weighted by Gasteiger charge is -2.39. The third kappa shape index (κ3) is 5.64. The number of nitrogens with zero attached hydrogens (tertiary/aromatic N) is 6. The fourth-order valence-electron chi connectivity index (χ4n) is 6.51. The van der Waals surface area contributed by atoms with Crippen LogP contribution in [0.3, 0.4) is 0 Å². The number of fused-ring (bicyclic) bond motifs is 2. The normalized spacial score (nSPS) is 23.9. The monoisotopic (exact) mass is 579 g/mol. The molecule has 3 aliphatic rings. The average molecular weight is 580 g/mol. The Balaban J connectivity index is 1.51. The summed E-state index contributed by atoms with van der Waals surface area (Å²) < 4.78 is 13.3. The molecule has 5 atom stereocenters. The highest BCUT2D eigenvalue weighted by Gasteiger charge is 2.39. The molecule has 0 aromatic carbocycles. The number of allylic oxidation sites excluding steroid dienone is 5. The van der Waals surface area contributed by atoms with Crippen molar-refractivity contribution in [3.05, 3.63) is 47.1 Å². The van der Waals surface area contributed by atoms with Gasteiger partial charge in [-0.15, -0.1) is 18.2 Å². The first-order chi connectivity index (χ1) is 19.9. The predicted octanol–water partition coefficient (Wildman–Crippen LogP) is 5.82. The summed E-state index contributed by atoms with van der Waals surface area (Å²) in [5, 5.41) is 3.72. The maximum atomic E-state index is 11.8. The third-order valence-corrected chi connectivity index (χ3v) is 8.84. The third-order valence-electron chi connectivity index (χ3n) is 8.54. The van der Waals surface area contributed by atoms with Gasteiger partial charge in [0.2, 0.25) is 17.6 Å². The van der Waals surface area contributed by atoms with E-state index in [2.05, 4.69) is 52.2 Å². The van der Waals surface area contributed by atoms with Gasteiger partial charge in [-0.05, 0) is 56.9 Å². The van der Waals surface area contributed by atoms with Crippen molar-refractivity contribution in [1.82, 2.24) is 29.7 Å². The number of imidazole rings is 1. The molecule has 4 unspecified atom stereocenters. The van der Waals surface area contributed by atoms with Gasteiger partial charge in [-0.3, -0.25) is 9.51 Å². The van der Waals surface area contributed by atoms with Crippen LogP contribution in [-0.2, 0) is 4.74 Å². The van der Waals surface area contributed by atoms with Crippen molar-refractivity contribution in [2.75, 3.05) is 18.1 Å². The number of ether oxygens (including phenoxy) is 1. The van der Waals surface area contributed by atoms with Crippen LogP contribution >= 0.6 is 11.6 Å². The molecule has 41 heavy (non-hydrogen) atoms. The molecule has 11 heteroatoms. The predicted molar refractivity (Wildman–Crippen MR) is 160 cm³/mol. The van der Waals surface area contributed by atoms with Crippen LogP contribution in [0.25, 0.3) is 28.4 Å².